The van der Waals surface area contributed by atoms with Gasteiger partial charge >= 0.3 is 0 Å². The first-order valence-corrected chi connectivity index (χ1v) is 9.17. The molecule has 138 valence electrons. The highest BCUT2D eigenvalue weighted by atomic mass is 16.5. The van der Waals surface area contributed by atoms with Crippen molar-refractivity contribution >= 4 is 17.4 Å². The summed E-state index contributed by atoms with van der Waals surface area (Å²) in [6.07, 6.45) is 4.88. The van der Waals surface area contributed by atoms with Gasteiger partial charge in [-0.25, -0.2) is 0 Å². The molecule has 0 fully saturated rings. The maximum atomic E-state index is 12.5. The molecule has 0 saturated heterocycles. The predicted octanol–water partition coefficient (Wildman–Crippen LogP) is 3.16. The second-order valence-corrected chi connectivity index (χ2v) is 6.41. The Morgan fingerprint density at radius 3 is 2.77 bits per heavy atom. The molecule has 1 aliphatic carbocycles. The van der Waals surface area contributed by atoms with Crippen LogP contribution in [0.25, 0.3) is 0 Å². The minimum absolute atomic E-state index is 0.0399. The zero-order chi connectivity index (χ0) is 18.4. The van der Waals surface area contributed by atoms with Crippen molar-refractivity contribution in [3.05, 3.63) is 47.3 Å². The van der Waals surface area contributed by atoms with Gasteiger partial charge in [-0.05, 0) is 50.1 Å². The molecule has 0 radical (unpaired) electrons. The fourth-order valence-corrected chi connectivity index (χ4v) is 3.09. The van der Waals surface area contributed by atoms with Gasteiger partial charge in [0.15, 0.2) is 5.78 Å². The van der Waals surface area contributed by atoms with Crippen LogP contribution in [0.5, 0.6) is 5.75 Å². The van der Waals surface area contributed by atoms with Gasteiger partial charge in [0, 0.05) is 30.5 Å². The number of ketones is 1. The molecular weight excluding hydrogens is 330 g/mol. The monoisotopic (exact) mass is 355 g/mol. The Bertz CT molecular complexity index is 765. The Balaban J connectivity index is 1.57. The lowest BCUT2D eigenvalue weighted by Gasteiger charge is -2.12. The second-order valence-electron chi connectivity index (χ2n) is 6.41. The lowest BCUT2D eigenvalue weighted by molar-refractivity contribution is 0.0956. The van der Waals surface area contributed by atoms with Crippen LogP contribution < -0.4 is 15.4 Å². The fraction of sp³-hybridized carbons (Fsp3) is 0.400. The van der Waals surface area contributed by atoms with Crippen LogP contribution in [0.15, 0.2) is 30.5 Å². The number of H-pyrrole nitrogens is 1. The van der Waals surface area contributed by atoms with Gasteiger partial charge in [-0.15, -0.1) is 0 Å². The van der Waals surface area contributed by atoms with Crippen LogP contribution >= 0.6 is 0 Å². The summed E-state index contributed by atoms with van der Waals surface area (Å²) < 4.78 is 5.65. The molecule has 1 aromatic heterocycles. The number of aromatic amines is 1. The van der Waals surface area contributed by atoms with Crippen molar-refractivity contribution in [1.29, 1.82) is 0 Å². The number of amides is 1. The van der Waals surface area contributed by atoms with E-state index in [4.69, 9.17) is 4.74 Å². The molecule has 1 aliphatic rings. The molecule has 26 heavy (non-hydrogen) atoms. The number of hydrogen-bond donors (Lipinski definition) is 3. The van der Waals surface area contributed by atoms with E-state index in [0.29, 0.717) is 29.8 Å². The van der Waals surface area contributed by atoms with Crippen molar-refractivity contribution in [2.24, 2.45) is 0 Å². The fourth-order valence-electron chi connectivity index (χ4n) is 3.09. The highest BCUT2D eigenvalue weighted by molar-refractivity contribution is 6.13. The van der Waals surface area contributed by atoms with E-state index in [9.17, 15) is 9.59 Å². The molecule has 6 nitrogen and oxygen atoms in total. The van der Waals surface area contributed by atoms with Crippen LogP contribution in [0.3, 0.4) is 0 Å². The summed E-state index contributed by atoms with van der Waals surface area (Å²) in [5.74, 6) is 0.531. The molecule has 3 rings (SSSR count). The van der Waals surface area contributed by atoms with Crippen molar-refractivity contribution in [2.45, 2.75) is 32.6 Å². The Labute approximate surface area is 153 Å². The maximum Gasteiger partial charge on any atom is 0.257 e. The van der Waals surface area contributed by atoms with Crippen molar-refractivity contribution in [3.8, 4) is 5.75 Å². The van der Waals surface area contributed by atoms with Crippen LogP contribution in [0, 0.1) is 0 Å². The Morgan fingerprint density at radius 2 is 2.00 bits per heavy atom. The number of benzene rings is 1. The summed E-state index contributed by atoms with van der Waals surface area (Å²) in [4.78, 5) is 27.7. The van der Waals surface area contributed by atoms with Gasteiger partial charge in [-0.3, -0.25) is 9.59 Å². The van der Waals surface area contributed by atoms with Crippen molar-refractivity contribution in [3.63, 3.8) is 0 Å². The number of hydrogen-bond acceptors (Lipinski definition) is 4. The second kappa shape index (κ2) is 8.67. The number of carbonyl (C=O) groups excluding carboxylic acids is 2. The van der Waals surface area contributed by atoms with E-state index in [1.807, 2.05) is 12.1 Å². The molecule has 0 unspecified atom stereocenters. The molecule has 1 amide bonds. The molecule has 0 bridgehead atoms. The van der Waals surface area contributed by atoms with Gasteiger partial charge < -0.3 is 20.4 Å². The van der Waals surface area contributed by atoms with Crippen LogP contribution in [0.2, 0.25) is 0 Å². The molecule has 0 spiro atoms. The van der Waals surface area contributed by atoms with Gasteiger partial charge in [0.05, 0.1) is 11.1 Å². The zero-order valence-electron chi connectivity index (χ0n) is 15.1. The van der Waals surface area contributed by atoms with E-state index in [1.54, 1.807) is 18.3 Å². The summed E-state index contributed by atoms with van der Waals surface area (Å²) in [6.45, 7) is 4.52. The average molecular weight is 355 g/mol. The van der Waals surface area contributed by atoms with Gasteiger partial charge in [0.2, 0.25) is 0 Å². The molecular formula is C20H25N3O3. The van der Waals surface area contributed by atoms with Crippen LogP contribution in [0.4, 0.5) is 5.69 Å². The van der Waals surface area contributed by atoms with Gasteiger partial charge in [0.25, 0.3) is 5.91 Å². The van der Waals surface area contributed by atoms with E-state index in [1.165, 1.54) is 0 Å². The van der Waals surface area contributed by atoms with Crippen LogP contribution in [0.1, 0.15) is 52.6 Å². The van der Waals surface area contributed by atoms with E-state index in [2.05, 4.69) is 22.5 Å². The number of nitrogens with one attached hydrogen (secondary N) is 3. The number of aromatic nitrogens is 1. The first-order chi connectivity index (χ1) is 12.7. The standard InChI is InChI=1S/C20H25N3O3/c1-2-10-21-11-12-26-15-8-6-14(7-9-15)23-20(25)16-13-22-17-4-3-5-18(24)19(16)17/h6-9,13,21-22H,2-5,10-12H2,1H3,(H,23,25). The number of Topliss-reactive ketones (excluding diaryl/α,β-unsaturated/α-hetero) is 1. The lowest BCUT2D eigenvalue weighted by Crippen LogP contribution is -2.21. The number of aryl methyl sites for hydroxylation is 1. The minimum Gasteiger partial charge on any atom is -0.492 e. The SMILES string of the molecule is CCCNCCOc1ccc(NC(=O)c2c[nH]c3c2C(=O)CCC3)cc1. The third-order valence-electron chi connectivity index (χ3n) is 4.40. The Morgan fingerprint density at radius 1 is 1.19 bits per heavy atom. The van der Waals surface area contributed by atoms with Crippen LogP contribution in [-0.2, 0) is 6.42 Å². The average Bonchev–Trinajstić information content (AvgIpc) is 3.09. The van der Waals surface area contributed by atoms with E-state index in [0.717, 1.165) is 43.8 Å². The van der Waals surface area contributed by atoms with Crippen LogP contribution in [-0.4, -0.2) is 36.4 Å². The first-order valence-electron chi connectivity index (χ1n) is 9.17. The summed E-state index contributed by atoms with van der Waals surface area (Å²) in [6, 6.07) is 7.25. The molecule has 1 aromatic carbocycles. The third-order valence-corrected chi connectivity index (χ3v) is 4.40. The normalized spacial score (nSPS) is 13.3. The maximum absolute atomic E-state index is 12.5. The van der Waals surface area contributed by atoms with Gasteiger partial charge in [-0.1, -0.05) is 6.92 Å². The number of fused-ring (bicyclic) bond motifs is 1. The van der Waals surface area contributed by atoms with Crippen molar-refractivity contribution < 1.29 is 14.3 Å². The topological polar surface area (TPSA) is 83.2 Å². The minimum atomic E-state index is -0.268. The molecule has 3 N–H and O–H groups in total. The summed E-state index contributed by atoms with van der Waals surface area (Å²) in [5.41, 5.74) is 2.51. The summed E-state index contributed by atoms with van der Waals surface area (Å²) in [7, 11) is 0. The predicted molar refractivity (Wildman–Crippen MR) is 101 cm³/mol. The zero-order valence-corrected chi connectivity index (χ0v) is 15.1. The largest absolute Gasteiger partial charge is 0.492 e. The van der Waals surface area contributed by atoms with E-state index in [-0.39, 0.29) is 11.7 Å². The van der Waals surface area contributed by atoms with Crippen molar-refractivity contribution in [2.75, 3.05) is 25.0 Å². The smallest absolute Gasteiger partial charge is 0.257 e. The number of anilines is 1. The first kappa shape index (κ1) is 18.2. The summed E-state index contributed by atoms with van der Waals surface area (Å²) >= 11 is 0. The number of ether oxygens (including phenoxy) is 1. The van der Waals surface area contributed by atoms with Crippen molar-refractivity contribution in [1.82, 2.24) is 10.3 Å². The quantitative estimate of drug-likeness (QED) is 0.635. The Kier molecular flexibility index (Phi) is 6.07. The lowest BCUT2D eigenvalue weighted by atomic mass is 9.93. The highest BCUT2D eigenvalue weighted by Crippen LogP contribution is 2.25. The van der Waals surface area contributed by atoms with E-state index < -0.39 is 0 Å². The molecule has 0 atom stereocenters. The number of carbonyl (C=O) groups is 2. The summed E-state index contributed by atoms with van der Waals surface area (Å²) in [5, 5.41) is 6.12. The molecule has 1 heterocycles. The van der Waals surface area contributed by atoms with E-state index >= 15 is 0 Å². The highest BCUT2D eigenvalue weighted by Gasteiger charge is 2.25. The Hall–Kier alpha value is -2.60. The molecule has 6 heteroatoms. The van der Waals surface area contributed by atoms with Gasteiger partial charge in [-0.2, -0.15) is 0 Å². The number of rotatable bonds is 8. The third kappa shape index (κ3) is 4.32. The molecule has 0 saturated carbocycles. The molecule has 0 aliphatic heterocycles. The van der Waals surface area contributed by atoms with Gasteiger partial charge in [0.1, 0.15) is 12.4 Å². The molecule has 2 aromatic rings.